The predicted octanol–water partition coefficient (Wildman–Crippen LogP) is 6.24. The van der Waals surface area contributed by atoms with Gasteiger partial charge in [-0.15, -0.1) is 23.4 Å². The molecule has 36 heavy (non-hydrogen) atoms. The maximum Gasteiger partial charge on any atom is 0.337 e. The van der Waals surface area contributed by atoms with Crippen molar-refractivity contribution in [1.82, 2.24) is 0 Å². The molecule has 0 amide bonds. The molecule has 3 aromatic rings. The highest BCUT2D eigenvalue weighted by molar-refractivity contribution is 8.00. The minimum Gasteiger partial charge on any atom is -0.478 e. The molecule has 0 radical (unpaired) electrons. The van der Waals surface area contributed by atoms with Crippen LogP contribution >= 0.6 is 23.4 Å². The number of fused-ring (bicyclic) bond motifs is 3. The Morgan fingerprint density at radius 2 is 1.78 bits per heavy atom. The average Bonchev–Trinajstić information content (AvgIpc) is 3.19. The van der Waals surface area contributed by atoms with E-state index in [0.717, 1.165) is 5.56 Å². The number of nitro benzene ring substituents is 2. The van der Waals surface area contributed by atoms with Crippen LogP contribution in [0.3, 0.4) is 0 Å². The Labute approximate surface area is 214 Å². The Balaban J connectivity index is 1.59. The highest BCUT2D eigenvalue weighted by Crippen LogP contribution is 2.58. The quantitative estimate of drug-likeness (QED) is 0.219. The summed E-state index contributed by atoms with van der Waals surface area (Å²) in [5.74, 6) is -1.47. The normalized spacial score (nSPS) is 24.3. The van der Waals surface area contributed by atoms with Crippen LogP contribution in [0.4, 0.5) is 17.1 Å². The van der Waals surface area contributed by atoms with Gasteiger partial charge in [-0.3, -0.25) is 20.2 Å². The van der Waals surface area contributed by atoms with Gasteiger partial charge in [-0.2, -0.15) is 0 Å². The second kappa shape index (κ2) is 9.44. The van der Waals surface area contributed by atoms with E-state index in [0.29, 0.717) is 22.6 Å². The predicted molar refractivity (Wildman–Crippen MR) is 136 cm³/mol. The first kappa shape index (κ1) is 24.1. The number of hydrogen-bond acceptors (Lipinski definition) is 7. The summed E-state index contributed by atoms with van der Waals surface area (Å²) in [7, 11) is 0. The topological polar surface area (TPSA) is 136 Å². The summed E-state index contributed by atoms with van der Waals surface area (Å²) in [4.78, 5) is 34.6. The Bertz CT molecular complexity index is 1390. The monoisotopic (exact) mass is 525 g/mol. The van der Waals surface area contributed by atoms with Gasteiger partial charge in [0.05, 0.1) is 37.4 Å². The summed E-state index contributed by atoms with van der Waals surface area (Å²) in [6, 6.07) is 17.4. The number of para-hydroxylation sites is 2. The summed E-state index contributed by atoms with van der Waals surface area (Å²) >= 11 is 8.40. The third-order valence-corrected chi connectivity index (χ3v) is 8.97. The molecule has 5 atom stereocenters. The van der Waals surface area contributed by atoms with E-state index < -0.39 is 27.2 Å². The van der Waals surface area contributed by atoms with E-state index in [4.69, 9.17) is 11.6 Å². The number of rotatable bonds is 6. The highest BCUT2D eigenvalue weighted by atomic mass is 35.5. The molecule has 0 saturated heterocycles. The molecule has 9 nitrogen and oxygen atoms in total. The standard InChI is InChI=1S/C25H20ClN3O6S/c26-22-20(36-19-10-2-1-9-18(19)29(34)35)12-17-21(22)15-7-4-8-16(25(30)31)24(15)27-23(17)13-5-3-6-14(11-13)28(32)33/h1-11,17,20-23,27H,12H2,(H,30,31)/t17-,20+,21-,22+,23-/m1/s1. The van der Waals surface area contributed by atoms with Crippen molar-refractivity contribution in [3.05, 3.63) is 104 Å². The van der Waals surface area contributed by atoms with Crippen molar-refractivity contribution < 1.29 is 19.7 Å². The first-order chi connectivity index (χ1) is 17.3. The molecule has 5 rings (SSSR count). The number of alkyl halides is 1. The number of carboxylic acids is 1. The molecule has 184 valence electrons. The van der Waals surface area contributed by atoms with Crippen LogP contribution < -0.4 is 5.32 Å². The zero-order valence-electron chi connectivity index (χ0n) is 18.6. The Morgan fingerprint density at radius 1 is 1.03 bits per heavy atom. The van der Waals surface area contributed by atoms with Crippen molar-refractivity contribution in [3.8, 4) is 0 Å². The van der Waals surface area contributed by atoms with E-state index >= 15 is 0 Å². The fraction of sp³-hybridized carbons (Fsp3) is 0.240. The number of halogens is 1. The summed E-state index contributed by atoms with van der Waals surface area (Å²) in [5, 5.41) is 35.5. The molecule has 1 heterocycles. The van der Waals surface area contributed by atoms with Crippen molar-refractivity contribution in [2.45, 2.75) is 33.9 Å². The van der Waals surface area contributed by atoms with Crippen LogP contribution in [0.2, 0.25) is 0 Å². The second-order valence-electron chi connectivity index (χ2n) is 8.80. The molecule has 2 N–H and O–H groups in total. The van der Waals surface area contributed by atoms with Gasteiger partial charge in [0.2, 0.25) is 0 Å². The molecular formula is C25H20ClN3O6S. The number of nitro groups is 2. The first-order valence-electron chi connectivity index (χ1n) is 11.2. The Kier molecular flexibility index (Phi) is 6.31. The molecule has 0 bridgehead atoms. The number of carboxylic acid groups (broad SMARTS) is 1. The van der Waals surface area contributed by atoms with E-state index in [-0.39, 0.29) is 34.0 Å². The average molecular weight is 526 g/mol. The Hall–Kier alpha value is -3.63. The first-order valence-corrected chi connectivity index (χ1v) is 12.5. The van der Waals surface area contributed by atoms with Crippen LogP contribution in [0, 0.1) is 26.1 Å². The van der Waals surface area contributed by atoms with E-state index in [1.807, 2.05) is 6.07 Å². The van der Waals surface area contributed by atoms with Crippen molar-refractivity contribution in [2.24, 2.45) is 5.92 Å². The molecule has 1 aliphatic heterocycles. The minimum atomic E-state index is -1.09. The lowest BCUT2D eigenvalue weighted by Crippen LogP contribution is -2.32. The molecule has 11 heteroatoms. The number of nitrogens with zero attached hydrogens (tertiary/aromatic N) is 2. The zero-order chi connectivity index (χ0) is 25.6. The van der Waals surface area contributed by atoms with Crippen molar-refractivity contribution in [1.29, 1.82) is 0 Å². The fourth-order valence-corrected chi connectivity index (χ4v) is 7.30. The molecule has 1 aliphatic carbocycles. The lowest BCUT2D eigenvalue weighted by atomic mass is 9.76. The van der Waals surface area contributed by atoms with Gasteiger partial charge in [0.15, 0.2) is 0 Å². The number of thioether (sulfide) groups is 1. The molecule has 0 unspecified atom stereocenters. The lowest BCUT2D eigenvalue weighted by Gasteiger charge is -2.38. The number of non-ortho nitro benzene ring substituents is 1. The largest absolute Gasteiger partial charge is 0.478 e. The van der Waals surface area contributed by atoms with E-state index in [1.54, 1.807) is 36.4 Å². The molecule has 1 fully saturated rings. The summed E-state index contributed by atoms with van der Waals surface area (Å²) < 4.78 is 0. The number of carbonyl (C=O) groups is 1. The second-order valence-corrected chi connectivity index (χ2v) is 10.6. The third-order valence-electron chi connectivity index (χ3n) is 6.86. The van der Waals surface area contributed by atoms with E-state index in [2.05, 4.69) is 5.32 Å². The van der Waals surface area contributed by atoms with Gasteiger partial charge in [-0.1, -0.05) is 36.4 Å². The van der Waals surface area contributed by atoms with Gasteiger partial charge < -0.3 is 10.4 Å². The summed E-state index contributed by atoms with van der Waals surface area (Å²) in [6.45, 7) is 0. The molecule has 0 aromatic heterocycles. The van der Waals surface area contributed by atoms with Gasteiger partial charge >= 0.3 is 5.97 Å². The SMILES string of the molecule is O=C(O)c1cccc2c1N[C@H](c1cccc([N+](=O)[O-])c1)[C@@H]1C[C@H](Sc3ccccc3[N+](=O)[O-])[C@H](Cl)[C@H]21. The van der Waals surface area contributed by atoms with Crippen LogP contribution in [-0.4, -0.2) is 31.5 Å². The van der Waals surface area contributed by atoms with Gasteiger partial charge in [0.1, 0.15) is 0 Å². The number of anilines is 1. The maximum atomic E-state index is 12.0. The maximum absolute atomic E-state index is 12.0. The Morgan fingerprint density at radius 3 is 2.50 bits per heavy atom. The van der Waals surface area contributed by atoms with Crippen molar-refractivity contribution >= 4 is 46.4 Å². The molecular weight excluding hydrogens is 506 g/mol. The van der Waals surface area contributed by atoms with Crippen LogP contribution in [0.5, 0.6) is 0 Å². The van der Waals surface area contributed by atoms with Crippen LogP contribution in [0.25, 0.3) is 0 Å². The number of aromatic carboxylic acids is 1. The van der Waals surface area contributed by atoms with Crippen LogP contribution in [-0.2, 0) is 0 Å². The van der Waals surface area contributed by atoms with E-state index in [9.17, 15) is 30.1 Å². The lowest BCUT2D eigenvalue weighted by molar-refractivity contribution is -0.387. The number of hydrogen-bond donors (Lipinski definition) is 2. The number of benzene rings is 3. The van der Waals surface area contributed by atoms with Gasteiger partial charge in [0, 0.05) is 29.4 Å². The molecule has 0 spiro atoms. The van der Waals surface area contributed by atoms with Crippen molar-refractivity contribution in [3.63, 3.8) is 0 Å². The summed E-state index contributed by atoms with van der Waals surface area (Å²) in [6.07, 6.45) is 0.576. The van der Waals surface area contributed by atoms with Gasteiger partial charge in [-0.05, 0) is 35.6 Å². The third kappa shape index (κ3) is 4.16. The van der Waals surface area contributed by atoms with Crippen molar-refractivity contribution in [2.75, 3.05) is 5.32 Å². The van der Waals surface area contributed by atoms with Crippen LogP contribution in [0.15, 0.2) is 71.6 Å². The fourth-order valence-electron chi connectivity index (χ4n) is 5.35. The van der Waals surface area contributed by atoms with Gasteiger partial charge in [0.25, 0.3) is 11.4 Å². The van der Waals surface area contributed by atoms with Crippen LogP contribution in [0.1, 0.15) is 39.9 Å². The van der Waals surface area contributed by atoms with E-state index in [1.165, 1.54) is 36.0 Å². The summed E-state index contributed by atoms with van der Waals surface area (Å²) in [5.41, 5.74) is 1.92. The molecule has 3 aromatic carbocycles. The molecule has 2 aliphatic rings. The van der Waals surface area contributed by atoms with Gasteiger partial charge in [-0.25, -0.2) is 4.79 Å². The smallest absolute Gasteiger partial charge is 0.337 e. The number of nitrogens with one attached hydrogen (secondary N) is 1. The highest BCUT2D eigenvalue weighted by Gasteiger charge is 2.51. The zero-order valence-corrected chi connectivity index (χ0v) is 20.2. The minimum absolute atomic E-state index is 0.00293. The molecule has 1 saturated carbocycles.